The van der Waals surface area contributed by atoms with Gasteiger partial charge in [0, 0.05) is 35.9 Å². The van der Waals surface area contributed by atoms with Gasteiger partial charge in [-0.2, -0.15) is 0 Å². The van der Waals surface area contributed by atoms with Crippen LogP contribution < -0.4 is 5.32 Å². The number of phenols is 1. The molecule has 44 heavy (non-hydrogen) atoms. The Morgan fingerprint density at radius 2 is 1.68 bits per heavy atom. The molecule has 0 saturated carbocycles. The van der Waals surface area contributed by atoms with E-state index in [4.69, 9.17) is 0 Å². The molecule has 1 fully saturated rings. The van der Waals surface area contributed by atoms with E-state index in [2.05, 4.69) is 89.0 Å². The predicted molar refractivity (Wildman–Crippen MR) is 179 cm³/mol. The number of rotatable bonds is 6. The van der Waals surface area contributed by atoms with Gasteiger partial charge < -0.3 is 10.4 Å². The molecule has 1 saturated heterocycles. The first-order valence-corrected chi connectivity index (χ1v) is 16.5. The lowest BCUT2D eigenvalue weighted by molar-refractivity contribution is -0.113. The number of likely N-dealkylation sites (tertiary alicyclic amines) is 1. The molecule has 7 rings (SSSR count). The molecule has 4 aliphatic rings. The van der Waals surface area contributed by atoms with Gasteiger partial charge in [0.05, 0.1) is 5.69 Å². The van der Waals surface area contributed by atoms with Gasteiger partial charge in [-0.1, -0.05) is 59.7 Å². The maximum atomic E-state index is 13.5. The number of phenolic OH excluding ortho intramolecular Hbond substituents is 1. The van der Waals surface area contributed by atoms with E-state index in [1.165, 1.54) is 27.8 Å². The molecule has 5 heteroatoms. The quantitative estimate of drug-likeness (QED) is 0.285. The van der Waals surface area contributed by atoms with Crippen molar-refractivity contribution in [3.05, 3.63) is 112 Å². The largest absolute Gasteiger partial charge is 0.508 e. The molecule has 3 aromatic rings. The standard InChI is InChI=1S/C39H43N3O2/c1-26-5-9-28(10-6-26)29-11-12-30-3-2-4-35(34(30)17-13-29)39(44)41-32-14-7-27(8-15-32)25-42-21-19-31(20-22-42)37-24-40-38-18-16-33(43)23-36(37)38/h5-12,14-16,18,23-24,29-31,37,43H,2-4,13,17,19-22,25H2,1H3,(H,41,44). The first-order valence-electron chi connectivity index (χ1n) is 16.5. The summed E-state index contributed by atoms with van der Waals surface area (Å²) in [6, 6.07) is 22.9. The van der Waals surface area contributed by atoms with Crippen molar-refractivity contribution in [2.75, 3.05) is 18.4 Å². The number of anilines is 1. The van der Waals surface area contributed by atoms with Crippen LogP contribution in [0.25, 0.3) is 0 Å². The minimum absolute atomic E-state index is 0.0760. The minimum atomic E-state index is 0.0760. The predicted octanol–water partition coefficient (Wildman–Crippen LogP) is 8.58. The summed E-state index contributed by atoms with van der Waals surface area (Å²) in [4.78, 5) is 20.7. The van der Waals surface area contributed by atoms with Gasteiger partial charge in [0.2, 0.25) is 0 Å². The van der Waals surface area contributed by atoms with Crippen molar-refractivity contribution in [2.24, 2.45) is 16.8 Å². The van der Waals surface area contributed by atoms with Crippen LogP contribution in [0.1, 0.15) is 79.0 Å². The molecular weight excluding hydrogens is 542 g/mol. The third kappa shape index (κ3) is 6.16. The van der Waals surface area contributed by atoms with Crippen LogP contribution in [-0.2, 0) is 11.3 Å². The van der Waals surface area contributed by atoms with Crippen molar-refractivity contribution in [3.8, 4) is 5.75 Å². The third-order valence-corrected chi connectivity index (χ3v) is 10.4. The SMILES string of the molecule is Cc1ccc(C2C=CC3CCCC(C(=O)Nc4ccc(CN5CCC(C6C=Nc7ccc(O)cc76)CC5)cc4)=C3CC2)cc1. The van der Waals surface area contributed by atoms with Gasteiger partial charge in [-0.15, -0.1) is 0 Å². The van der Waals surface area contributed by atoms with Crippen molar-refractivity contribution in [2.45, 2.75) is 70.3 Å². The molecule has 0 radical (unpaired) electrons. The van der Waals surface area contributed by atoms with Crippen LogP contribution in [0, 0.1) is 18.8 Å². The fourth-order valence-electron chi connectivity index (χ4n) is 7.80. The average molecular weight is 586 g/mol. The number of hydrogen-bond donors (Lipinski definition) is 2. The molecule has 226 valence electrons. The molecule has 2 heterocycles. The molecule has 2 N–H and O–H groups in total. The summed E-state index contributed by atoms with van der Waals surface area (Å²) in [7, 11) is 0. The lowest BCUT2D eigenvalue weighted by Gasteiger charge is -2.34. The lowest BCUT2D eigenvalue weighted by atomic mass is 9.80. The van der Waals surface area contributed by atoms with E-state index in [1.807, 2.05) is 12.1 Å². The lowest BCUT2D eigenvalue weighted by Crippen LogP contribution is -2.35. The molecule has 3 atom stereocenters. The monoisotopic (exact) mass is 585 g/mol. The number of benzene rings is 3. The summed E-state index contributed by atoms with van der Waals surface area (Å²) < 4.78 is 0. The van der Waals surface area contributed by atoms with Gasteiger partial charge in [0.25, 0.3) is 5.91 Å². The average Bonchev–Trinajstić information content (AvgIpc) is 3.33. The van der Waals surface area contributed by atoms with Crippen molar-refractivity contribution in [3.63, 3.8) is 0 Å². The second kappa shape index (κ2) is 12.6. The van der Waals surface area contributed by atoms with Crippen LogP contribution in [0.5, 0.6) is 5.75 Å². The Hall–Kier alpha value is -3.96. The second-order valence-corrected chi connectivity index (χ2v) is 13.3. The molecule has 1 amide bonds. The van der Waals surface area contributed by atoms with Gasteiger partial charge in [0.15, 0.2) is 0 Å². The third-order valence-electron chi connectivity index (χ3n) is 10.4. The van der Waals surface area contributed by atoms with E-state index in [0.29, 0.717) is 29.4 Å². The minimum Gasteiger partial charge on any atom is -0.508 e. The summed E-state index contributed by atoms with van der Waals surface area (Å²) in [6.45, 7) is 5.16. The number of piperidine rings is 1. The summed E-state index contributed by atoms with van der Waals surface area (Å²) in [5, 5.41) is 13.2. The number of aryl methyl sites for hydroxylation is 1. The number of carbonyl (C=O) groups excluding carboxylic acids is 1. The molecule has 2 aliphatic heterocycles. The fourth-order valence-corrected chi connectivity index (χ4v) is 7.80. The van der Waals surface area contributed by atoms with E-state index in [0.717, 1.165) is 81.5 Å². The van der Waals surface area contributed by atoms with E-state index in [9.17, 15) is 9.90 Å². The highest BCUT2D eigenvalue weighted by molar-refractivity contribution is 6.04. The Morgan fingerprint density at radius 1 is 0.909 bits per heavy atom. The summed E-state index contributed by atoms with van der Waals surface area (Å²) in [6.07, 6.45) is 14.2. The number of aliphatic imine (C=N–C) groups is 1. The molecule has 0 spiro atoms. The van der Waals surface area contributed by atoms with E-state index in [1.54, 1.807) is 6.07 Å². The second-order valence-electron chi connectivity index (χ2n) is 13.3. The molecule has 0 aromatic heterocycles. The van der Waals surface area contributed by atoms with Crippen molar-refractivity contribution in [1.82, 2.24) is 4.90 Å². The van der Waals surface area contributed by atoms with Gasteiger partial charge in [0.1, 0.15) is 5.75 Å². The number of carbonyl (C=O) groups is 1. The summed E-state index contributed by atoms with van der Waals surface area (Å²) >= 11 is 0. The molecular formula is C39H43N3O2. The van der Waals surface area contributed by atoms with Gasteiger partial charge in [-0.25, -0.2) is 0 Å². The Labute approximate surface area is 261 Å². The fraction of sp³-hybridized carbons (Fsp3) is 0.385. The number of fused-ring (bicyclic) bond motifs is 2. The number of aromatic hydroxyl groups is 1. The first kappa shape index (κ1) is 28.8. The Bertz CT molecular complexity index is 1590. The molecule has 2 aliphatic carbocycles. The maximum Gasteiger partial charge on any atom is 0.251 e. The van der Waals surface area contributed by atoms with E-state index < -0.39 is 0 Å². The number of nitrogens with zero attached hydrogens (tertiary/aromatic N) is 2. The topological polar surface area (TPSA) is 64.9 Å². The van der Waals surface area contributed by atoms with Crippen LogP contribution in [-0.4, -0.2) is 35.2 Å². The van der Waals surface area contributed by atoms with Gasteiger partial charge >= 0.3 is 0 Å². The summed E-state index contributed by atoms with van der Waals surface area (Å²) in [5.41, 5.74) is 9.34. The smallest absolute Gasteiger partial charge is 0.251 e. The zero-order chi connectivity index (χ0) is 30.0. The highest BCUT2D eigenvalue weighted by atomic mass is 16.3. The normalized spacial score (nSPS) is 23.7. The number of amides is 1. The zero-order valence-electron chi connectivity index (χ0n) is 25.7. The van der Waals surface area contributed by atoms with Crippen molar-refractivity contribution >= 4 is 23.5 Å². The van der Waals surface area contributed by atoms with Gasteiger partial charge in [-0.05, 0) is 124 Å². The van der Waals surface area contributed by atoms with Crippen molar-refractivity contribution in [1.29, 1.82) is 0 Å². The van der Waals surface area contributed by atoms with Crippen LogP contribution in [0.4, 0.5) is 11.4 Å². The number of nitrogens with one attached hydrogen (secondary N) is 1. The summed E-state index contributed by atoms with van der Waals surface area (Å²) in [5.74, 6) is 2.06. The number of hydrogen-bond acceptors (Lipinski definition) is 4. The first-order chi connectivity index (χ1) is 21.5. The van der Waals surface area contributed by atoms with Crippen molar-refractivity contribution < 1.29 is 9.90 Å². The van der Waals surface area contributed by atoms with Crippen LogP contribution in [0.2, 0.25) is 0 Å². The number of allylic oxidation sites excluding steroid dienone is 3. The Kier molecular flexibility index (Phi) is 8.22. The molecule has 0 bridgehead atoms. The van der Waals surface area contributed by atoms with E-state index in [-0.39, 0.29) is 5.91 Å². The van der Waals surface area contributed by atoms with Crippen LogP contribution >= 0.6 is 0 Å². The Balaban J connectivity index is 0.939. The molecule has 3 aromatic carbocycles. The van der Waals surface area contributed by atoms with Crippen LogP contribution in [0.3, 0.4) is 0 Å². The van der Waals surface area contributed by atoms with Crippen LogP contribution in [0.15, 0.2) is 95.0 Å². The zero-order valence-corrected chi connectivity index (χ0v) is 25.7. The maximum absolute atomic E-state index is 13.5. The molecule has 3 unspecified atom stereocenters. The molecule has 5 nitrogen and oxygen atoms in total. The highest BCUT2D eigenvalue weighted by Gasteiger charge is 2.31. The highest BCUT2D eigenvalue weighted by Crippen LogP contribution is 2.42. The Morgan fingerprint density at radius 3 is 2.48 bits per heavy atom. The van der Waals surface area contributed by atoms with Gasteiger partial charge in [-0.3, -0.25) is 14.7 Å². The van der Waals surface area contributed by atoms with E-state index >= 15 is 0 Å².